The minimum absolute atomic E-state index is 0.0394. The fourth-order valence-electron chi connectivity index (χ4n) is 1.27. The van der Waals surface area contributed by atoms with E-state index in [-0.39, 0.29) is 12.5 Å². The van der Waals surface area contributed by atoms with Gasteiger partial charge in [0.1, 0.15) is 0 Å². The van der Waals surface area contributed by atoms with Gasteiger partial charge in [0.15, 0.2) is 0 Å². The van der Waals surface area contributed by atoms with Gasteiger partial charge in [-0.15, -0.1) is 0 Å². The topological polar surface area (TPSA) is 70.0 Å². The summed E-state index contributed by atoms with van der Waals surface area (Å²) in [5, 5.41) is 17.0. The minimum Gasteiger partial charge on any atom is -0.481 e. The van der Waals surface area contributed by atoms with E-state index in [1.165, 1.54) is 0 Å². The normalized spacial score (nSPS) is 18.5. The Labute approximate surface area is 76.9 Å². The number of aliphatic carboxylic acids is 1. The molecule has 0 aromatic heterocycles. The number of nitrogens with zero attached hydrogens (tertiary/aromatic N) is 1. The number of likely N-dealkylation sites (tertiary alicyclic amines) is 1. The Morgan fingerprint density at radius 1 is 1.46 bits per heavy atom. The van der Waals surface area contributed by atoms with Crippen molar-refractivity contribution in [1.29, 1.82) is 0 Å². The van der Waals surface area contributed by atoms with Gasteiger partial charge in [-0.3, -0.25) is 9.69 Å². The largest absolute Gasteiger partial charge is 0.481 e. The van der Waals surface area contributed by atoms with Crippen molar-refractivity contribution in [2.24, 2.45) is 5.92 Å². The molecule has 5 nitrogen and oxygen atoms in total. The molecule has 1 heterocycles. The lowest BCUT2D eigenvalue weighted by atomic mass is 10.0. The van der Waals surface area contributed by atoms with Gasteiger partial charge in [0.25, 0.3) is 0 Å². The summed E-state index contributed by atoms with van der Waals surface area (Å²) in [5.41, 5.74) is 0. The molecule has 0 spiro atoms. The number of carboxylic acids is 1. The van der Waals surface area contributed by atoms with Crippen LogP contribution in [0, 0.1) is 5.92 Å². The summed E-state index contributed by atoms with van der Waals surface area (Å²) in [6, 6.07) is 0. The predicted octanol–water partition coefficient (Wildman–Crippen LogP) is -0.988. The summed E-state index contributed by atoms with van der Waals surface area (Å²) in [6.45, 7) is 2.96. The van der Waals surface area contributed by atoms with Gasteiger partial charge in [-0.05, 0) is 0 Å². The van der Waals surface area contributed by atoms with Crippen LogP contribution in [-0.4, -0.2) is 60.5 Å². The van der Waals surface area contributed by atoms with E-state index in [1.807, 2.05) is 4.90 Å². The van der Waals surface area contributed by atoms with Gasteiger partial charge < -0.3 is 14.9 Å². The van der Waals surface area contributed by atoms with Crippen LogP contribution in [0.25, 0.3) is 0 Å². The average Bonchev–Trinajstić information content (AvgIpc) is 2.00. The minimum atomic E-state index is -0.715. The van der Waals surface area contributed by atoms with Crippen LogP contribution in [0.15, 0.2) is 0 Å². The first-order valence-corrected chi connectivity index (χ1v) is 4.38. The summed E-state index contributed by atoms with van der Waals surface area (Å²) in [6.07, 6.45) is 0. The molecule has 0 unspecified atom stereocenters. The van der Waals surface area contributed by atoms with Gasteiger partial charge in [-0.2, -0.15) is 0 Å². The van der Waals surface area contributed by atoms with E-state index in [2.05, 4.69) is 0 Å². The standard InChI is InChI=1S/C8H15NO4/c10-2-4-13-3-1-9-5-7(6-9)8(11)12/h7,10H,1-6H2,(H,11,12). The highest BCUT2D eigenvalue weighted by molar-refractivity contribution is 5.71. The zero-order valence-corrected chi connectivity index (χ0v) is 7.48. The molecular weight excluding hydrogens is 174 g/mol. The SMILES string of the molecule is O=C(O)C1CN(CCOCCO)C1. The molecule has 1 fully saturated rings. The van der Waals surface area contributed by atoms with Gasteiger partial charge in [0, 0.05) is 19.6 Å². The first kappa shape index (κ1) is 10.4. The summed E-state index contributed by atoms with van der Waals surface area (Å²) < 4.78 is 5.05. The van der Waals surface area contributed by atoms with Crippen molar-refractivity contribution in [1.82, 2.24) is 4.90 Å². The molecule has 76 valence electrons. The fourth-order valence-corrected chi connectivity index (χ4v) is 1.27. The first-order valence-electron chi connectivity index (χ1n) is 4.38. The molecule has 0 aliphatic carbocycles. The molecule has 13 heavy (non-hydrogen) atoms. The molecule has 0 aromatic rings. The second-order valence-electron chi connectivity index (χ2n) is 3.13. The highest BCUT2D eigenvalue weighted by Gasteiger charge is 2.31. The molecule has 0 radical (unpaired) electrons. The monoisotopic (exact) mass is 189 g/mol. The first-order chi connectivity index (χ1) is 6.24. The zero-order chi connectivity index (χ0) is 9.68. The Hall–Kier alpha value is -0.650. The van der Waals surface area contributed by atoms with Gasteiger partial charge in [0.2, 0.25) is 0 Å². The molecule has 1 aliphatic rings. The van der Waals surface area contributed by atoms with Crippen molar-refractivity contribution in [2.75, 3.05) is 39.5 Å². The third-order valence-electron chi connectivity index (χ3n) is 2.09. The van der Waals surface area contributed by atoms with E-state index in [0.29, 0.717) is 26.3 Å². The van der Waals surface area contributed by atoms with Crippen LogP contribution in [0.3, 0.4) is 0 Å². The van der Waals surface area contributed by atoms with Crippen LogP contribution in [0.1, 0.15) is 0 Å². The van der Waals surface area contributed by atoms with E-state index in [9.17, 15) is 4.79 Å². The van der Waals surface area contributed by atoms with Gasteiger partial charge in [0.05, 0.1) is 25.7 Å². The van der Waals surface area contributed by atoms with Crippen molar-refractivity contribution in [3.8, 4) is 0 Å². The number of aliphatic hydroxyl groups is 1. The summed E-state index contributed by atoms with van der Waals surface area (Å²) in [7, 11) is 0. The number of hydrogen-bond donors (Lipinski definition) is 2. The number of aliphatic hydroxyl groups excluding tert-OH is 1. The van der Waals surface area contributed by atoms with Crippen molar-refractivity contribution in [3.05, 3.63) is 0 Å². The van der Waals surface area contributed by atoms with Gasteiger partial charge >= 0.3 is 5.97 Å². The van der Waals surface area contributed by atoms with Crippen LogP contribution in [-0.2, 0) is 9.53 Å². The van der Waals surface area contributed by atoms with Crippen LogP contribution >= 0.6 is 0 Å². The Kier molecular flexibility index (Phi) is 4.14. The second-order valence-corrected chi connectivity index (χ2v) is 3.13. The fraction of sp³-hybridized carbons (Fsp3) is 0.875. The van der Waals surface area contributed by atoms with Crippen molar-refractivity contribution in [2.45, 2.75) is 0 Å². The van der Waals surface area contributed by atoms with E-state index in [4.69, 9.17) is 14.9 Å². The maximum Gasteiger partial charge on any atom is 0.309 e. The molecule has 1 aliphatic heterocycles. The van der Waals surface area contributed by atoms with Crippen LogP contribution in [0.5, 0.6) is 0 Å². The average molecular weight is 189 g/mol. The third kappa shape index (κ3) is 3.30. The number of carboxylic acid groups (broad SMARTS) is 1. The smallest absolute Gasteiger partial charge is 0.309 e. The third-order valence-corrected chi connectivity index (χ3v) is 2.09. The van der Waals surface area contributed by atoms with Crippen LogP contribution in [0.2, 0.25) is 0 Å². The van der Waals surface area contributed by atoms with Gasteiger partial charge in [-0.1, -0.05) is 0 Å². The second kappa shape index (κ2) is 5.16. The summed E-state index contributed by atoms with van der Waals surface area (Å²) in [5.74, 6) is -0.912. The maximum atomic E-state index is 10.4. The Morgan fingerprint density at radius 2 is 2.15 bits per heavy atom. The molecule has 0 atom stereocenters. The Morgan fingerprint density at radius 3 is 2.69 bits per heavy atom. The summed E-state index contributed by atoms with van der Waals surface area (Å²) >= 11 is 0. The highest BCUT2D eigenvalue weighted by atomic mass is 16.5. The number of ether oxygens (including phenoxy) is 1. The molecular formula is C8H15NO4. The number of hydrogen-bond acceptors (Lipinski definition) is 4. The van der Waals surface area contributed by atoms with Crippen molar-refractivity contribution < 1.29 is 19.7 Å². The molecule has 0 bridgehead atoms. The number of carbonyl (C=O) groups is 1. The Balaban J connectivity index is 1.93. The van der Waals surface area contributed by atoms with E-state index < -0.39 is 5.97 Å². The van der Waals surface area contributed by atoms with E-state index in [0.717, 1.165) is 6.54 Å². The predicted molar refractivity (Wildman–Crippen MR) is 45.5 cm³/mol. The van der Waals surface area contributed by atoms with Crippen LogP contribution < -0.4 is 0 Å². The van der Waals surface area contributed by atoms with E-state index >= 15 is 0 Å². The number of rotatable bonds is 6. The van der Waals surface area contributed by atoms with Gasteiger partial charge in [-0.25, -0.2) is 0 Å². The molecule has 2 N–H and O–H groups in total. The maximum absolute atomic E-state index is 10.4. The Bertz CT molecular complexity index is 168. The molecule has 1 rings (SSSR count). The molecule has 0 aromatic carbocycles. The molecule has 5 heteroatoms. The van der Waals surface area contributed by atoms with Crippen LogP contribution in [0.4, 0.5) is 0 Å². The zero-order valence-electron chi connectivity index (χ0n) is 7.48. The molecule has 0 saturated carbocycles. The summed E-state index contributed by atoms with van der Waals surface area (Å²) in [4.78, 5) is 12.4. The van der Waals surface area contributed by atoms with Crippen molar-refractivity contribution in [3.63, 3.8) is 0 Å². The lowest BCUT2D eigenvalue weighted by Crippen LogP contribution is -2.51. The molecule has 0 amide bonds. The lowest BCUT2D eigenvalue weighted by molar-refractivity contribution is -0.147. The molecule has 1 saturated heterocycles. The quantitative estimate of drug-likeness (QED) is 0.525. The highest BCUT2D eigenvalue weighted by Crippen LogP contribution is 2.14. The van der Waals surface area contributed by atoms with E-state index in [1.54, 1.807) is 0 Å². The lowest BCUT2D eigenvalue weighted by Gasteiger charge is -2.36. The van der Waals surface area contributed by atoms with Crippen molar-refractivity contribution >= 4 is 5.97 Å².